The Morgan fingerprint density at radius 3 is 2.86 bits per heavy atom. The van der Waals surface area contributed by atoms with Crippen LogP contribution in [0.4, 0.5) is 5.69 Å². The van der Waals surface area contributed by atoms with Gasteiger partial charge in [-0.2, -0.15) is 0 Å². The lowest BCUT2D eigenvalue weighted by Gasteiger charge is -2.35. The number of esters is 1. The first-order chi connectivity index (χ1) is 10.5. The molecule has 6 heteroatoms. The molecule has 0 bridgehead atoms. The largest absolute Gasteiger partial charge is 0.452 e. The van der Waals surface area contributed by atoms with Gasteiger partial charge in [0.05, 0.1) is 5.56 Å². The van der Waals surface area contributed by atoms with Crippen molar-refractivity contribution in [2.75, 3.05) is 18.9 Å². The molecule has 1 atom stereocenters. The van der Waals surface area contributed by atoms with Crippen LogP contribution in [-0.4, -0.2) is 36.0 Å². The molecule has 0 unspecified atom stereocenters. The van der Waals surface area contributed by atoms with E-state index in [-0.39, 0.29) is 29.8 Å². The van der Waals surface area contributed by atoms with Gasteiger partial charge in [-0.05, 0) is 43.9 Å². The first-order valence-electron chi connectivity index (χ1n) is 7.54. The maximum atomic E-state index is 12.2. The van der Waals surface area contributed by atoms with Crippen molar-refractivity contribution in [1.29, 1.82) is 0 Å². The molecule has 0 radical (unpaired) electrons. The fourth-order valence-corrected chi connectivity index (χ4v) is 2.94. The molecule has 1 aromatic rings. The maximum Gasteiger partial charge on any atom is 0.340 e. The average molecular weight is 325 g/mol. The molecule has 1 aromatic carbocycles. The number of amides is 1. The standard InChI is InChI=1S/C16H21ClN2O3/c1-2-12-5-3-4-8-19(12)15(20)10-22-16(21)13-7-6-11(17)9-14(13)18/h6-7,9,12H,2-5,8,10,18H2,1H3/t12-/m0/s1. The SMILES string of the molecule is CC[C@H]1CCCCN1C(=O)COC(=O)c1ccc(Cl)cc1N. The monoisotopic (exact) mass is 324 g/mol. The summed E-state index contributed by atoms with van der Waals surface area (Å²) < 4.78 is 5.10. The number of halogens is 1. The Hall–Kier alpha value is -1.75. The zero-order chi connectivity index (χ0) is 16.1. The lowest BCUT2D eigenvalue weighted by Crippen LogP contribution is -2.45. The Bertz CT molecular complexity index is 562. The minimum Gasteiger partial charge on any atom is -0.452 e. The molecule has 0 spiro atoms. The Labute approximate surface area is 135 Å². The summed E-state index contributed by atoms with van der Waals surface area (Å²) >= 11 is 5.79. The molecular formula is C16H21ClN2O3. The average Bonchev–Trinajstić information content (AvgIpc) is 2.52. The minimum atomic E-state index is -0.604. The summed E-state index contributed by atoms with van der Waals surface area (Å²) in [5, 5.41) is 0.448. The molecule has 1 aliphatic heterocycles. The predicted molar refractivity (Wildman–Crippen MR) is 85.8 cm³/mol. The second kappa shape index (κ2) is 7.49. The van der Waals surface area contributed by atoms with E-state index >= 15 is 0 Å². The zero-order valence-electron chi connectivity index (χ0n) is 12.7. The van der Waals surface area contributed by atoms with E-state index in [4.69, 9.17) is 22.1 Å². The number of anilines is 1. The number of likely N-dealkylation sites (tertiary alicyclic amines) is 1. The zero-order valence-corrected chi connectivity index (χ0v) is 13.4. The predicted octanol–water partition coefficient (Wildman–Crippen LogP) is 2.87. The summed E-state index contributed by atoms with van der Waals surface area (Å²) in [5.41, 5.74) is 6.20. The number of hydrogen-bond acceptors (Lipinski definition) is 4. The molecule has 0 aliphatic carbocycles. The number of ether oxygens (including phenoxy) is 1. The molecule has 1 saturated heterocycles. The first-order valence-corrected chi connectivity index (χ1v) is 7.92. The van der Waals surface area contributed by atoms with Gasteiger partial charge < -0.3 is 15.4 Å². The lowest BCUT2D eigenvalue weighted by molar-refractivity contribution is -0.138. The van der Waals surface area contributed by atoms with Gasteiger partial charge >= 0.3 is 5.97 Å². The van der Waals surface area contributed by atoms with Gasteiger partial charge in [0.2, 0.25) is 0 Å². The quantitative estimate of drug-likeness (QED) is 0.682. The molecule has 22 heavy (non-hydrogen) atoms. The summed E-state index contributed by atoms with van der Waals surface area (Å²) in [6.07, 6.45) is 4.08. The van der Waals surface area contributed by atoms with Crippen molar-refractivity contribution in [3.05, 3.63) is 28.8 Å². The van der Waals surface area contributed by atoms with Gasteiger partial charge in [0.1, 0.15) is 0 Å². The Morgan fingerprint density at radius 2 is 2.18 bits per heavy atom. The summed E-state index contributed by atoms with van der Waals surface area (Å²) in [4.78, 5) is 26.1. The van der Waals surface area contributed by atoms with Crippen LogP contribution in [0.15, 0.2) is 18.2 Å². The molecule has 1 amide bonds. The molecule has 2 rings (SSSR count). The molecule has 0 aromatic heterocycles. The summed E-state index contributed by atoms with van der Waals surface area (Å²) in [7, 11) is 0. The van der Waals surface area contributed by atoms with E-state index in [2.05, 4.69) is 6.92 Å². The van der Waals surface area contributed by atoms with Crippen molar-refractivity contribution in [3.63, 3.8) is 0 Å². The van der Waals surface area contributed by atoms with Gasteiger partial charge in [0, 0.05) is 23.3 Å². The number of nitrogens with zero attached hydrogens (tertiary/aromatic N) is 1. The van der Waals surface area contributed by atoms with Crippen molar-refractivity contribution in [2.24, 2.45) is 0 Å². The number of nitrogen functional groups attached to an aromatic ring is 1. The third-order valence-corrected chi connectivity index (χ3v) is 4.21. The third-order valence-electron chi connectivity index (χ3n) is 3.98. The van der Waals surface area contributed by atoms with Crippen LogP contribution in [-0.2, 0) is 9.53 Å². The van der Waals surface area contributed by atoms with E-state index < -0.39 is 5.97 Å². The van der Waals surface area contributed by atoms with Crippen molar-refractivity contribution in [2.45, 2.75) is 38.6 Å². The van der Waals surface area contributed by atoms with Crippen LogP contribution in [0.5, 0.6) is 0 Å². The van der Waals surface area contributed by atoms with E-state index in [0.717, 1.165) is 32.2 Å². The minimum absolute atomic E-state index is 0.146. The second-order valence-corrected chi connectivity index (χ2v) is 5.89. The normalized spacial score (nSPS) is 18.1. The highest BCUT2D eigenvalue weighted by Crippen LogP contribution is 2.21. The lowest BCUT2D eigenvalue weighted by atomic mass is 10.00. The van der Waals surface area contributed by atoms with Gasteiger partial charge in [-0.3, -0.25) is 4.79 Å². The number of rotatable bonds is 4. The van der Waals surface area contributed by atoms with E-state index in [1.54, 1.807) is 6.07 Å². The number of carbonyl (C=O) groups is 2. The highest BCUT2D eigenvalue weighted by Gasteiger charge is 2.26. The van der Waals surface area contributed by atoms with E-state index in [9.17, 15) is 9.59 Å². The number of carbonyl (C=O) groups excluding carboxylic acids is 2. The molecule has 2 N–H and O–H groups in total. The van der Waals surface area contributed by atoms with Gasteiger partial charge in [0.25, 0.3) is 5.91 Å². The van der Waals surface area contributed by atoms with Gasteiger partial charge in [-0.25, -0.2) is 4.79 Å². The summed E-state index contributed by atoms with van der Waals surface area (Å²) in [6, 6.07) is 4.80. The van der Waals surface area contributed by atoms with Gasteiger partial charge in [-0.15, -0.1) is 0 Å². The van der Waals surface area contributed by atoms with Crippen molar-refractivity contribution >= 4 is 29.2 Å². The summed E-state index contributed by atoms with van der Waals surface area (Å²) in [5.74, 6) is -0.750. The molecule has 1 heterocycles. The molecule has 0 saturated carbocycles. The Balaban J connectivity index is 1.94. The fourth-order valence-electron chi connectivity index (χ4n) is 2.76. The molecule has 5 nitrogen and oxygen atoms in total. The van der Waals surface area contributed by atoms with Gasteiger partial charge in [0.15, 0.2) is 6.61 Å². The second-order valence-electron chi connectivity index (χ2n) is 5.45. The third kappa shape index (κ3) is 3.91. The smallest absolute Gasteiger partial charge is 0.340 e. The van der Waals surface area contributed by atoms with Gasteiger partial charge in [-0.1, -0.05) is 18.5 Å². The van der Waals surface area contributed by atoms with Crippen LogP contribution < -0.4 is 5.73 Å². The van der Waals surface area contributed by atoms with Crippen molar-refractivity contribution in [3.8, 4) is 0 Å². The highest BCUT2D eigenvalue weighted by atomic mass is 35.5. The fraction of sp³-hybridized carbons (Fsp3) is 0.500. The van der Waals surface area contributed by atoms with Crippen LogP contribution in [0.25, 0.3) is 0 Å². The van der Waals surface area contributed by atoms with E-state index in [1.807, 2.05) is 4.90 Å². The Morgan fingerprint density at radius 1 is 1.41 bits per heavy atom. The van der Waals surface area contributed by atoms with Crippen LogP contribution in [0, 0.1) is 0 Å². The van der Waals surface area contributed by atoms with Crippen LogP contribution in [0.1, 0.15) is 43.0 Å². The van der Waals surface area contributed by atoms with Crippen LogP contribution in [0.2, 0.25) is 5.02 Å². The molecular weight excluding hydrogens is 304 g/mol. The van der Waals surface area contributed by atoms with Crippen molar-refractivity contribution in [1.82, 2.24) is 4.90 Å². The summed E-state index contributed by atoms with van der Waals surface area (Å²) in [6.45, 7) is 2.55. The number of benzene rings is 1. The van der Waals surface area contributed by atoms with Crippen LogP contribution in [0.3, 0.4) is 0 Å². The van der Waals surface area contributed by atoms with E-state index in [0.29, 0.717) is 5.02 Å². The Kier molecular flexibility index (Phi) is 5.66. The molecule has 120 valence electrons. The van der Waals surface area contributed by atoms with Crippen molar-refractivity contribution < 1.29 is 14.3 Å². The first kappa shape index (κ1) is 16.6. The topological polar surface area (TPSA) is 72.6 Å². The number of piperidine rings is 1. The highest BCUT2D eigenvalue weighted by molar-refractivity contribution is 6.31. The van der Waals surface area contributed by atoms with Crippen LogP contribution >= 0.6 is 11.6 Å². The number of hydrogen-bond donors (Lipinski definition) is 1. The molecule has 1 aliphatic rings. The maximum absolute atomic E-state index is 12.2. The van der Waals surface area contributed by atoms with E-state index in [1.165, 1.54) is 12.1 Å². The number of nitrogens with two attached hydrogens (primary N) is 1. The molecule has 1 fully saturated rings.